The van der Waals surface area contributed by atoms with Crippen molar-refractivity contribution in [3.05, 3.63) is 0 Å². The van der Waals surface area contributed by atoms with E-state index in [1.54, 1.807) is 11.8 Å². The van der Waals surface area contributed by atoms with E-state index in [-0.39, 0.29) is 0 Å². The molecule has 0 aromatic heterocycles. The van der Waals surface area contributed by atoms with Crippen LogP contribution in [0.5, 0.6) is 0 Å². The first-order valence-corrected chi connectivity index (χ1v) is 8.52. The number of alkyl halides is 1. The summed E-state index contributed by atoms with van der Waals surface area (Å²) >= 11 is 7.32. The fourth-order valence-electron chi connectivity index (χ4n) is 0.927. The number of hydrogen-bond donors (Lipinski definition) is 0. The van der Waals surface area contributed by atoms with Gasteiger partial charge in [-0.15, -0.1) is 11.6 Å². The largest absolute Gasteiger partial charge is 0.229 e. The highest BCUT2D eigenvalue weighted by atomic mass is 35.5. The van der Waals surface area contributed by atoms with E-state index in [0.717, 1.165) is 24.5 Å². The van der Waals surface area contributed by atoms with E-state index in [9.17, 15) is 8.42 Å². The molecule has 0 fully saturated rings. The molecule has 0 rings (SSSR count). The molecule has 5 heteroatoms. The number of rotatable bonds is 8. The summed E-state index contributed by atoms with van der Waals surface area (Å²) in [6, 6.07) is 0. The zero-order chi connectivity index (χ0) is 11.0. The van der Waals surface area contributed by atoms with E-state index in [2.05, 4.69) is 6.92 Å². The van der Waals surface area contributed by atoms with Gasteiger partial charge in [-0.2, -0.15) is 11.8 Å². The molecule has 1 atom stereocenters. The van der Waals surface area contributed by atoms with Crippen molar-refractivity contribution in [2.75, 3.05) is 29.4 Å². The monoisotopic (exact) mass is 258 g/mol. The molecule has 0 saturated carbocycles. The highest BCUT2D eigenvalue weighted by Crippen LogP contribution is 2.13. The summed E-state index contributed by atoms with van der Waals surface area (Å²) < 4.78 is 21.6. The quantitative estimate of drug-likeness (QED) is 0.495. The predicted molar refractivity (Wildman–Crippen MR) is 66.2 cm³/mol. The lowest BCUT2D eigenvalue weighted by Gasteiger charge is -2.08. The molecule has 1 unspecified atom stereocenters. The summed E-state index contributed by atoms with van der Waals surface area (Å²) in [6.45, 7) is 2.18. The molecule has 0 aliphatic rings. The van der Waals surface area contributed by atoms with E-state index in [1.807, 2.05) is 0 Å². The Bertz CT molecular complexity index is 227. The minimum atomic E-state index is -2.78. The molecule has 86 valence electrons. The summed E-state index contributed by atoms with van der Waals surface area (Å²) in [5.74, 6) is 3.41. The van der Waals surface area contributed by atoms with Gasteiger partial charge in [0.15, 0.2) is 0 Å². The predicted octanol–water partition coefficient (Wildman–Crippen LogP) is 2.42. The molecule has 0 aliphatic carbocycles. The Labute approximate surface area is 96.7 Å². The van der Waals surface area contributed by atoms with Gasteiger partial charge in [0.05, 0.1) is 5.75 Å². The maximum atomic E-state index is 10.8. The number of hydrogen-bond acceptors (Lipinski definition) is 3. The Balaban J connectivity index is 3.30. The van der Waals surface area contributed by atoms with Crippen molar-refractivity contribution in [2.24, 2.45) is 5.92 Å². The van der Waals surface area contributed by atoms with Crippen LogP contribution in [0.1, 0.15) is 19.8 Å². The van der Waals surface area contributed by atoms with E-state index < -0.39 is 9.84 Å². The standard InChI is InChI=1S/C9H19ClO2S2/c1-9(3-5-10)4-6-13-7-8-14(2,11)12/h9H,3-8H2,1-2H3. The molecule has 0 aliphatic heterocycles. The van der Waals surface area contributed by atoms with Crippen LogP contribution in [-0.4, -0.2) is 37.8 Å². The molecule has 14 heavy (non-hydrogen) atoms. The van der Waals surface area contributed by atoms with Crippen molar-refractivity contribution >= 4 is 33.2 Å². The van der Waals surface area contributed by atoms with Crippen LogP contribution >= 0.6 is 23.4 Å². The topological polar surface area (TPSA) is 34.1 Å². The van der Waals surface area contributed by atoms with Gasteiger partial charge in [-0.25, -0.2) is 8.42 Å². The van der Waals surface area contributed by atoms with E-state index in [0.29, 0.717) is 17.4 Å². The maximum Gasteiger partial charge on any atom is 0.148 e. The van der Waals surface area contributed by atoms with Crippen LogP contribution in [0.25, 0.3) is 0 Å². The molecule has 0 bridgehead atoms. The van der Waals surface area contributed by atoms with Gasteiger partial charge in [-0.05, 0) is 24.5 Å². The molecule has 2 nitrogen and oxygen atoms in total. The van der Waals surface area contributed by atoms with Gasteiger partial charge in [-0.1, -0.05) is 6.92 Å². The first-order valence-electron chi connectivity index (χ1n) is 4.77. The van der Waals surface area contributed by atoms with Crippen molar-refractivity contribution in [2.45, 2.75) is 19.8 Å². The lowest BCUT2D eigenvalue weighted by molar-refractivity contribution is 0.552. The summed E-state index contributed by atoms with van der Waals surface area (Å²) in [7, 11) is -2.78. The number of thioether (sulfide) groups is 1. The van der Waals surface area contributed by atoms with Crippen LogP contribution in [0.15, 0.2) is 0 Å². The van der Waals surface area contributed by atoms with Gasteiger partial charge in [-0.3, -0.25) is 0 Å². The first kappa shape index (κ1) is 14.6. The second-order valence-corrected chi connectivity index (χ2v) is 7.48. The van der Waals surface area contributed by atoms with Gasteiger partial charge < -0.3 is 0 Å². The SMILES string of the molecule is CC(CCCl)CCSCCS(C)(=O)=O. The van der Waals surface area contributed by atoms with Gasteiger partial charge in [0, 0.05) is 17.9 Å². The Hall–Kier alpha value is 0.590. The van der Waals surface area contributed by atoms with Crippen LogP contribution in [-0.2, 0) is 9.84 Å². The van der Waals surface area contributed by atoms with Crippen molar-refractivity contribution in [3.8, 4) is 0 Å². The summed E-state index contributed by atoms with van der Waals surface area (Å²) in [6.07, 6.45) is 3.46. The van der Waals surface area contributed by atoms with Gasteiger partial charge in [0.1, 0.15) is 9.84 Å². The normalized spacial score (nSPS) is 14.2. The maximum absolute atomic E-state index is 10.8. The smallest absolute Gasteiger partial charge is 0.148 e. The minimum absolute atomic E-state index is 0.293. The highest BCUT2D eigenvalue weighted by Gasteiger charge is 2.03. The van der Waals surface area contributed by atoms with Crippen LogP contribution in [0, 0.1) is 5.92 Å². The molecule has 0 heterocycles. The van der Waals surface area contributed by atoms with E-state index >= 15 is 0 Å². The van der Waals surface area contributed by atoms with Gasteiger partial charge >= 0.3 is 0 Å². The van der Waals surface area contributed by atoms with E-state index in [1.165, 1.54) is 6.26 Å². The number of halogens is 1. The third-order valence-electron chi connectivity index (χ3n) is 1.96. The summed E-state index contributed by atoms with van der Waals surface area (Å²) in [5, 5.41) is 0. The molecular formula is C9H19ClO2S2. The zero-order valence-corrected chi connectivity index (χ0v) is 11.2. The average molecular weight is 259 g/mol. The Morgan fingerprint density at radius 1 is 1.29 bits per heavy atom. The molecular weight excluding hydrogens is 240 g/mol. The first-order chi connectivity index (χ1) is 6.45. The second kappa shape index (κ2) is 7.83. The highest BCUT2D eigenvalue weighted by molar-refractivity contribution is 8.00. The Morgan fingerprint density at radius 2 is 1.93 bits per heavy atom. The zero-order valence-electron chi connectivity index (χ0n) is 8.83. The fourth-order valence-corrected chi connectivity index (χ4v) is 3.76. The fraction of sp³-hybridized carbons (Fsp3) is 1.00. The van der Waals surface area contributed by atoms with Crippen molar-refractivity contribution in [1.29, 1.82) is 0 Å². The van der Waals surface area contributed by atoms with Crippen molar-refractivity contribution in [1.82, 2.24) is 0 Å². The van der Waals surface area contributed by atoms with Crippen LogP contribution < -0.4 is 0 Å². The second-order valence-electron chi connectivity index (χ2n) is 3.61. The lowest BCUT2D eigenvalue weighted by atomic mass is 10.1. The lowest BCUT2D eigenvalue weighted by Crippen LogP contribution is -2.06. The molecule has 0 spiro atoms. The van der Waals surface area contributed by atoms with Gasteiger partial charge in [0.2, 0.25) is 0 Å². The molecule has 0 aromatic rings. The average Bonchev–Trinajstić information content (AvgIpc) is 2.02. The number of sulfone groups is 1. The molecule has 0 radical (unpaired) electrons. The Morgan fingerprint density at radius 3 is 2.43 bits per heavy atom. The third kappa shape index (κ3) is 10.7. The molecule has 0 amide bonds. The van der Waals surface area contributed by atoms with Crippen LogP contribution in [0.4, 0.5) is 0 Å². The van der Waals surface area contributed by atoms with Crippen molar-refractivity contribution in [3.63, 3.8) is 0 Å². The van der Waals surface area contributed by atoms with E-state index in [4.69, 9.17) is 11.6 Å². The van der Waals surface area contributed by atoms with Gasteiger partial charge in [0.25, 0.3) is 0 Å². The third-order valence-corrected chi connectivity index (χ3v) is 4.39. The van der Waals surface area contributed by atoms with Crippen LogP contribution in [0.2, 0.25) is 0 Å². The molecule has 0 saturated heterocycles. The summed E-state index contributed by atoms with van der Waals surface area (Å²) in [5.41, 5.74) is 0. The molecule has 0 aromatic carbocycles. The van der Waals surface area contributed by atoms with Crippen molar-refractivity contribution < 1.29 is 8.42 Å². The Kier molecular flexibility index (Phi) is 8.16. The minimum Gasteiger partial charge on any atom is -0.229 e. The van der Waals surface area contributed by atoms with Crippen LogP contribution in [0.3, 0.4) is 0 Å². The summed E-state index contributed by atoms with van der Waals surface area (Å²) in [4.78, 5) is 0. The molecule has 0 N–H and O–H groups in total.